The summed E-state index contributed by atoms with van der Waals surface area (Å²) in [5.41, 5.74) is 4.84. The predicted octanol–water partition coefficient (Wildman–Crippen LogP) is 6.32. The molecular weight excluding hydrogens is 831 g/mol. The first kappa shape index (κ1) is 43.9. The summed E-state index contributed by atoms with van der Waals surface area (Å²) in [6.07, 6.45) is 9.40. The van der Waals surface area contributed by atoms with Crippen LogP contribution >= 0.6 is 0 Å². The van der Waals surface area contributed by atoms with E-state index in [1.165, 1.54) is 16.4 Å². The average Bonchev–Trinajstić information content (AvgIpc) is 4.07. The Morgan fingerprint density at radius 2 is 1.69 bits per heavy atom. The molecule has 3 N–H and O–H groups in total. The number of methoxy groups -OCH3 is 1. The van der Waals surface area contributed by atoms with Gasteiger partial charge in [0.2, 0.25) is 11.7 Å². The Balaban J connectivity index is 0.839. The number of ketones is 1. The van der Waals surface area contributed by atoms with Gasteiger partial charge < -0.3 is 44.0 Å². The van der Waals surface area contributed by atoms with Gasteiger partial charge in [-0.1, -0.05) is 12.2 Å². The van der Waals surface area contributed by atoms with Crippen molar-refractivity contribution >= 4 is 69.4 Å². The number of carbonyl (C=O) groups is 5. The predicted molar refractivity (Wildman–Crippen MR) is 246 cm³/mol. The third-order valence-corrected chi connectivity index (χ3v) is 11.1. The van der Waals surface area contributed by atoms with Crippen LogP contribution in [-0.4, -0.2) is 101 Å². The molecule has 0 bridgehead atoms. The SMILES string of the molecule is C=C1C[C@H]2C=Nc3cc(OCCCC(=O)Nc4cn(C)c(C(=O)Cc5cc(C(=O)Nc6cc(C(=O)n7ncc8ccc(NC(C)(C)C)cc87)n(C)c6)n(C)c5)n4)c(OC)cc3C(=O)N2C1. The number of hydrogen-bond donors (Lipinski definition) is 3. The monoisotopic (exact) mass is 881 g/mol. The van der Waals surface area contributed by atoms with Crippen LogP contribution in [0, 0.1) is 0 Å². The van der Waals surface area contributed by atoms with E-state index in [0.29, 0.717) is 70.3 Å². The van der Waals surface area contributed by atoms with E-state index in [0.717, 1.165) is 16.6 Å². The molecule has 6 heterocycles. The van der Waals surface area contributed by atoms with Crippen molar-refractivity contribution in [1.82, 2.24) is 33.4 Å². The number of aryl methyl sites for hydroxylation is 3. The molecule has 1 saturated heterocycles. The second-order valence-electron chi connectivity index (χ2n) is 17.4. The van der Waals surface area contributed by atoms with E-state index < -0.39 is 5.91 Å². The molecule has 18 nitrogen and oxygen atoms in total. The fourth-order valence-corrected chi connectivity index (χ4v) is 8.07. The van der Waals surface area contributed by atoms with Crippen LogP contribution in [0.3, 0.4) is 0 Å². The van der Waals surface area contributed by atoms with Crippen LogP contribution in [0.15, 0.2) is 84.4 Å². The summed E-state index contributed by atoms with van der Waals surface area (Å²) >= 11 is 0. The van der Waals surface area contributed by atoms with Gasteiger partial charge in [-0.15, -0.1) is 0 Å². The van der Waals surface area contributed by atoms with Crippen molar-refractivity contribution in [3.63, 3.8) is 0 Å². The Bertz CT molecular complexity index is 2940. The highest BCUT2D eigenvalue weighted by molar-refractivity contribution is 6.06. The smallest absolute Gasteiger partial charge is 0.295 e. The normalized spacial score (nSPS) is 14.6. The van der Waals surface area contributed by atoms with Gasteiger partial charge in [0.1, 0.15) is 11.4 Å². The lowest BCUT2D eigenvalue weighted by Gasteiger charge is -2.22. The van der Waals surface area contributed by atoms with Crippen molar-refractivity contribution in [3.8, 4) is 11.5 Å². The second kappa shape index (κ2) is 17.4. The van der Waals surface area contributed by atoms with E-state index in [-0.39, 0.29) is 66.2 Å². The highest BCUT2D eigenvalue weighted by Crippen LogP contribution is 2.38. The summed E-state index contributed by atoms with van der Waals surface area (Å²) in [6.45, 7) is 10.9. The van der Waals surface area contributed by atoms with Crippen molar-refractivity contribution < 1.29 is 33.4 Å². The minimum atomic E-state index is -0.430. The van der Waals surface area contributed by atoms with E-state index in [9.17, 15) is 24.0 Å². The average molecular weight is 882 g/mol. The van der Waals surface area contributed by atoms with E-state index >= 15 is 0 Å². The van der Waals surface area contributed by atoms with Crippen LogP contribution in [-0.2, 0) is 32.4 Å². The molecule has 4 aromatic heterocycles. The number of ether oxygens (including phenoxy) is 2. The quantitative estimate of drug-likeness (QED) is 0.0632. The number of nitrogens with one attached hydrogen (secondary N) is 3. The molecule has 2 aliphatic heterocycles. The minimum absolute atomic E-state index is 0.0499. The van der Waals surface area contributed by atoms with Crippen LogP contribution in [0.5, 0.6) is 11.5 Å². The van der Waals surface area contributed by atoms with Crippen molar-refractivity contribution in [2.45, 2.75) is 58.0 Å². The van der Waals surface area contributed by atoms with Gasteiger partial charge in [0, 0.05) is 88.0 Å². The molecule has 0 unspecified atom stereocenters. The molecule has 0 aliphatic carbocycles. The fraction of sp³-hybridized carbons (Fsp3) is 0.319. The number of anilines is 3. The number of amides is 3. The maximum atomic E-state index is 13.7. The van der Waals surface area contributed by atoms with Crippen LogP contribution in [0.25, 0.3) is 10.9 Å². The number of aliphatic imine (C=N–C) groups is 1. The van der Waals surface area contributed by atoms with Gasteiger partial charge in [-0.05, 0) is 75.6 Å². The zero-order valence-corrected chi connectivity index (χ0v) is 37.4. The second-order valence-corrected chi connectivity index (χ2v) is 17.4. The summed E-state index contributed by atoms with van der Waals surface area (Å²) in [5.74, 6) is -0.422. The number of aromatic nitrogens is 6. The molecule has 8 rings (SSSR count). The molecule has 1 atom stereocenters. The van der Waals surface area contributed by atoms with Gasteiger partial charge in [-0.2, -0.15) is 9.78 Å². The lowest BCUT2D eigenvalue weighted by molar-refractivity contribution is -0.116. The first-order chi connectivity index (χ1) is 30.9. The minimum Gasteiger partial charge on any atom is -0.493 e. The van der Waals surface area contributed by atoms with Crippen LogP contribution in [0.1, 0.15) is 87.6 Å². The molecule has 18 heteroatoms. The molecule has 3 amide bonds. The Morgan fingerprint density at radius 3 is 2.46 bits per heavy atom. The third-order valence-electron chi connectivity index (χ3n) is 11.1. The molecule has 2 aromatic carbocycles. The largest absolute Gasteiger partial charge is 0.493 e. The highest BCUT2D eigenvalue weighted by atomic mass is 16.5. The summed E-state index contributed by atoms with van der Waals surface area (Å²) < 4.78 is 17.6. The standard InChI is InChI=1S/C47H51N11O7/c1-27-14-32-22-48-34-20-40(39(64-8)19-33(34)45(62)57(32)23-27)65-13-9-10-42(60)51-41-26-56(7)43(52-41)38(59)16-28-15-36(54(5)24-28)44(61)50-31-18-37(55(6)25-31)46(63)58-35-17-30(53-47(2,3)4)12-11-29(35)21-49-58/h11-12,15,17-22,24-26,32,53H,1,9-10,13-14,16,23H2,2-8H3,(H,50,61)(H,51,60)/t32-/m0/s1. The maximum absolute atomic E-state index is 13.7. The molecule has 65 heavy (non-hydrogen) atoms. The summed E-state index contributed by atoms with van der Waals surface area (Å²) in [4.78, 5) is 77.5. The van der Waals surface area contributed by atoms with Crippen LogP contribution in [0.2, 0.25) is 0 Å². The van der Waals surface area contributed by atoms with Crippen molar-refractivity contribution in [3.05, 3.63) is 108 Å². The van der Waals surface area contributed by atoms with Gasteiger partial charge >= 0.3 is 0 Å². The number of hydrogen-bond acceptors (Lipinski definition) is 11. The molecule has 0 saturated carbocycles. The number of imidazole rings is 1. The fourth-order valence-electron chi connectivity index (χ4n) is 8.07. The first-order valence-electron chi connectivity index (χ1n) is 21.1. The molecule has 0 radical (unpaired) electrons. The number of fused-ring (bicyclic) bond motifs is 3. The first-order valence-corrected chi connectivity index (χ1v) is 21.1. The van der Waals surface area contributed by atoms with Crippen LogP contribution < -0.4 is 25.4 Å². The van der Waals surface area contributed by atoms with Gasteiger partial charge in [-0.25, -0.2) is 4.98 Å². The topological polar surface area (TPSA) is 201 Å². The number of nitrogens with zero attached hydrogens (tertiary/aromatic N) is 8. The van der Waals surface area contributed by atoms with E-state index in [2.05, 4.69) is 58.4 Å². The summed E-state index contributed by atoms with van der Waals surface area (Å²) in [7, 11) is 6.58. The molecule has 1 fully saturated rings. The zero-order chi connectivity index (χ0) is 46.3. The lowest BCUT2D eigenvalue weighted by Crippen LogP contribution is -2.35. The molecule has 6 aromatic rings. The van der Waals surface area contributed by atoms with E-state index in [1.54, 1.807) is 90.4 Å². The van der Waals surface area contributed by atoms with Gasteiger partial charge in [0.25, 0.3) is 17.7 Å². The molecule has 336 valence electrons. The van der Waals surface area contributed by atoms with Crippen LogP contribution in [0.4, 0.5) is 22.9 Å². The molecule has 0 spiro atoms. The highest BCUT2D eigenvalue weighted by Gasteiger charge is 2.34. The van der Waals surface area contributed by atoms with Crippen molar-refractivity contribution in [1.29, 1.82) is 0 Å². The summed E-state index contributed by atoms with van der Waals surface area (Å²) in [6, 6.07) is 12.1. The van der Waals surface area contributed by atoms with Crippen molar-refractivity contribution in [2.24, 2.45) is 26.1 Å². The van der Waals surface area contributed by atoms with Gasteiger partial charge in [0.15, 0.2) is 23.1 Å². The zero-order valence-electron chi connectivity index (χ0n) is 37.4. The van der Waals surface area contributed by atoms with E-state index in [1.807, 2.05) is 18.2 Å². The molecular formula is C47H51N11O7. The number of rotatable bonds is 14. The third kappa shape index (κ3) is 9.32. The number of benzene rings is 2. The Labute approximate surface area is 374 Å². The Morgan fingerprint density at radius 1 is 0.908 bits per heavy atom. The maximum Gasteiger partial charge on any atom is 0.295 e. The number of Topliss-reactive ketones (excluding diaryl/α,β-unsaturated/α-hetero) is 1. The van der Waals surface area contributed by atoms with Gasteiger partial charge in [0.05, 0.1) is 48.4 Å². The van der Waals surface area contributed by atoms with E-state index in [4.69, 9.17) is 9.47 Å². The lowest BCUT2D eigenvalue weighted by atomic mass is 10.1. The summed E-state index contributed by atoms with van der Waals surface area (Å²) in [5, 5.41) is 14.2. The Hall–Kier alpha value is -7.76. The number of carbonyl (C=O) groups excluding carboxylic acids is 5. The molecule has 2 aliphatic rings. The van der Waals surface area contributed by atoms with Gasteiger partial charge in [-0.3, -0.25) is 29.0 Å². The van der Waals surface area contributed by atoms with Crippen molar-refractivity contribution in [2.75, 3.05) is 36.2 Å². The Kier molecular flexibility index (Phi) is 11.8.